The van der Waals surface area contributed by atoms with E-state index in [4.69, 9.17) is 11.6 Å². The first-order chi connectivity index (χ1) is 3.43. The molecule has 1 N–H and O–H groups in total. The fourth-order valence-electron chi connectivity index (χ4n) is 0.396. The molecular formula is C4H6ClNS. The zero-order chi connectivity index (χ0) is 5.11. The van der Waals surface area contributed by atoms with E-state index in [1.807, 2.05) is 6.20 Å². The third-order valence-electron chi connectivity index (χ3n) is 0.750. The number of hydrogen-bond acceptors (Lipinski definition) is 2. The molecule has 1 heterocycles. The van der Waals surface area contributed by atoms with Crippen molar-refractivity contribution in [3.05, 3.63) is 12.3 Å². The Morgan fingerprint density at radius 2 is 2.71 bits per heavy atom. The van der Waals surface area contributed by atoms with Gasteiger partial charge in [0.25, 0.3) is 0 Å². The van der Waals surface area contributed by atoms with E-state index in [0.717, 1.165) is 0 Å². The smallest absolute Gasteiger partial charge is 0.0578 e. The standard InChI is InChI=1S/C4H6ClNS/c5-3-4-1-2-6-7-4/h1-2,4,6H,3H2. The molecule has 1 aliphatic rings. The average molecular weight is 136 g/mol. The van der Waals surface area contributed by atoms with Gasteiger partial charge in [-0.05, 0) is 11.9 Å². The molecule has 0 bridgehead atoms. The molecular weight excluding hydrogens is 130 g/mol. The third-order valence-corrected chi connectivity index (χ3v) is 2.16. The minimum atomic E-state index is 0.488. The summed E-state index contributed by atoms with van der Waals surface area (Å²) in [4.78, 5) is 0. The molecule has 0 aromatic carbocycles. The van der Waals surface area contributed by atoms with Crippen LogP contribution in [0.1, 0.15) is 0 Å². The maximum Gasteiger partial charge on any atom is 0.0578 e. The summed E-state index contributed by atoms with van der Waals surface area (Å²) in [5, 5.41) is 0.488. The fourth-order valence-corrected chi connectivity index (χ4v) is 1.24. The first-order valence-electron chi connectivity index (χ1n) is 2.07. The van der Waals surface area contributed by atoms with Crippen molar-refractivity contribution in [1.29, 1.82) is 0 Å². The van der Waals surface area contributed by atoms with E-state index in [2.05, 4.69) is 10.8 Å². The van der Waals surface area contributed by atoms with E-state index in [1.165, 1.54) is 0 Å². The molecule has 1 nitrogen and oxygen atoms in total. The molecule has 7 heavy (non-hydrogen) atoms. The summed E-state index contributed by atoms with van der Waals surface area (Å²) in [6.45, 7) is 0. The van der Waals surface area contributed by atoms with Crippen LogP contribution in [0.2, 0.25) is 0 Å². The van der Waals surface area contributed by atoms with Crippen molar-refractivity contribution in [3.8, 4) is 0 Å². The van der Waals surface area contributed by atoms with E-state index < -0.39 is 0 Å². The van der Waals surface area contributed by atoms with E-state index >= 15 is 0 Å². The lowest BCUT2D eigenvalue weighted by molar-refractivity contribution is 1.28. The summed E-state index contributed by atoms with van der Waals surface area (Å²) in [5.41, 5.74) is 0. The molecule has 0 aliphatic carbocycles. The molecule has 0 saturated heterocycles. The highest BCUT2D eigenvalue weighted by Gasteiger charge is 2.05. The summed E-state index contributed by atoms with van der Waals surface area (Å²) in [7, 11) is 0. The lowest BCUT2D eigenvalue weighted by Gasteiger charge is -1.95. The molecule has 40 valence electrons. The Morgan fingerprint density at radius 3 is 3.00 bits per heavy atom. The Morgan fingerprint density at radius 1 is 1.86 bits per heavy atom. The first-order valence-corrected chi connectivity index (χ1v) is 3.48. The van der Waals surface area contributed by atoms with Crippen LogP contribution in [0.4, 0.5) is 0 Å². The lowest BCUT2D eigenvalue weighted by Crippen LogP contribution is -1.96. The highest BCUT2D eigenvalue weighted by atomic mass is 35.5. The molecule has 0 spiro atoms. The Kier molecular flexibility index (Phi) is 1.88. The Labute approximate surface area is 52.3 Å². The van der Waals surface area contributed by atoms with Crippen LogP contribution in [0, 0.1) is 0 Å². The van der Waals surface area contributed by atoms with Crippen LogP contribution >= 0.6 is 23.5 Å². The monoisotopic (exact) mass is 135 g/mol. The van der Waals surface area contributed by atoms with Crippen LogP contribution in [0.5, 0.6) is 0 Å². The van der Waals surface area contributed by atoms with Gasteiger partial charge < -0.3 is 4.72 Å². The highest BCUT2D eigenvalue weighted by Crippen LogP contribution is 2.14. The zero-order valence-electron chi connectivity index (χ0n) is 3.73. The van der Waals surface area contributed by atoms with Gasteiger partial charge in [0, 0.05) is 12.1 Å². The van der Waals surface area contributed by atoms with Gasteiger partial charge in [-0.25, -0.2) is 0 Å². The van der Waals surface area contributed by atoms with Crippen molar-refractivity contribution >= 4 is 23.5 Å². The van der Waals surface area contributed by atoms with Gasteiger partial charge in [0.2, 0.25) is 0 Å². The predicted molar refractivity (Wildman–Crippen MR) is 34.4 cm³/mol. The van der Waals surface area contributed by atoms with Crippen LogP contribution < -0.4 is 4.72 Å². The Balaban J connectivity index is 2.28. The van der Waals surface area contributed by atoms with Crippen LogP contribution in [0.15, 0.2) is 12.3 Å². The number of hydrogen-bond donors (Lipinski definition) is 1. The van der Waals surface area contributed by atoms with E-state index in [-0.39, 0.29) is 0 Å². The second-order valence-electron chi connectivity index (χ2n) is 1.29. The number of halogens is 1. The summed E-state index contributed by atoms with van der Waals surface area (Å²) in [5.74, 6) is 0.703. The van der Waals surface area contributed by atoms with Gasteiger partial charge >= 0.3 is 0 Å². The number of rotatable bonds is 1. The van der Waals surface area contributed by atoms with Crippen LogP contribution in [-0.2, 0) is 0 Å². The summed E-state index contributed by atoms with van der Waals surface area (Å²) >= 11 is 7.15. The van der Waals surface area contributed by atoms with Crippen molar-refractivity contribution in [1.82, 2.24) is 4.72 Å². The quantitative estimate of drug-likeness (QED) is 0.431. The van der Waals surface area contributed by atoms with Crippen molar-refractivity contribution in [2.45, 2.75) is 5.25 Å². The van der Waals surface area contributed by atoms with E-state index in [0.29, 0.717) is 11.1 Å². The first kappa shape index (κ1) is 5.32. The SMILES string of the molecule is ClCC1C=CNS1. The Bertz CT molecular complexity index is 83.8. The molecule has 1 aliphatic heterocycles. The molecule has 0 saturated carbocycles. The van der Waals surface area contributed by atoms with Crippen LogP contribution in [0.25, 0.3) is 0 Å². The normalized spacial score (nSPS) is 27.9. The van der Waals surface area contributed by atoms with Gasteiger partial charge in [-0.15, -0.1) is 11.6 Å². The molecule has 3 heteroatoms. The zero-order valence-corrected chi connectivity index (χ0v) is 5.30. The Hall–Kier alpha value is 0.180. The van der Waals surface area contributed by atoms with Crippen LogP contribution in [0.3, 0.4) is 0 Å². The summed E-state index contributed by atoms with van der Waals surface area (Å²) in [6, 6.07) is 0. The minimum absolute atomic E-state index is 0.488. The second-order valence-corrected chi connectivity index (χ2v) is 2.67. The van der Waals surface area contributed by atoms with Crippen molar-refractivity contribution in [3.63, 3.8) is 0 Å². The van der Waals surface area contributed by atoms with Crippen LogP contribution in [-0.4, -0.2) is 11.1 Å². The van der Waals surface area contributed by atoms with Crippen molar-refractivity contribution in [2.24, 2.45) is 0 Å². The molecule has 0 amide bonds. The van der Waals surface area contributed by atoms with Gasteiger partial charge in [0.1, 0.15) is 0 Å². The summed E-state index contributed by atoms with van der Waals surface area (Å²) < 4.78 is 2.97. The van der Waals surface area contributed by atoms with Gasteiger partial charge in [0.15, 0.2) is 0 Å². The van der Waals surface area contributed by atoms with Crippen molar-refractivity contribution < 1.29 is 0 Å². The van der Waals surface area contributed by atoms with Gasteiger partial charge in [-0.1, -0.05) is 6.08 Å². The number of nitrogens with one attached hydrogen (secondary N) is 1. The van der Waals surface area contributed by atoms with Gasteiger partial charge in [-0.2, -0.15) is 0 Å². The molecule has 0 aromatic heterocycles. The fraction of sp³-hybridized carbons (Fsp3) is 0.500. The molecule has 1 atom stereocenters. The highest BCUT2D eigenvalue weighted by molar-refractivity contribution is 7.98. The van der Waals surface area contributed by atoms with E-state index in [9.17, 15) is 0 Å². The predicted octanol–water partition coefficient (Wildman–Crippen LogP) is 1.36. The molecule has 0 radical (unpaired) electrons. The molecule has 1 unspecified atom stereocenters. The van der Waals surface area contributed by atoms with Gasteiger partial charge in [-0.3, -0.25) is 0 Å². The van der Waals surface area contributed by atoms with E-state index in [1.54, 1.807) is 11.9 Å². The second kappa shape index (κ2) is 2.48. The maximum atomic E-state index is 5.50. The van der Waals surface area contributed by atoms with Crippen molar-refractivity contribution in [2.75, 3.05) is 5.88 Å². The minimum Gasteiger partial charge on any atom is -0.336 e. The average Bonchev–Trinajstić information content (AvgIpc) is 2.14. The largest absolute Gasteiger partial charge is 0.336 e. The molecule has 0 fully saturated rings. The third kappa shape index (κ3) is 1.28. The maximum absolute atomic E-state index is 5.50. The topological polar surface area (TPSA) is 12.0 Å². The molecule has 1 rings (SSSR count). The summed E-state index contributed by atoms with van der Waals surface area (Å²) in [6.07, 6.45) is 3.97. The lowest BCUT2D eigenvalue weighted by atomic mass is 10.5. The number of alkyl halides is 1. The van der Waals surface area contributed by atoms with Gasteiger partial charge in [0.05, 0.1) is 5.25 Å². The molecule has 0 aromatic rings.